The van der Waals surface area contributed by atoms with Crippen LogP contribution in [0.5, 0.6) is 0 Å². The fraction of sp³-hybridized carbons (Fsp3) is 0.500. The van der Waals surface area contributed by atoms with Crippen molar-refractivity contribution >= 4 is 38.2 Å². The van der Waals surface area contributed by atoms with Gasteiger partial charge >= 0.3 is 6.03 Å². The Morgan fingerprint density at radius 3 is 2.53 bits per heavy atom. The Hall–Kier alpha value is -2.46. The molecule has 1 unspecified atom stereocenters. The van der Waals surface area contributed by atoms with E-state index in [9.17, 15) is 18.0 Å². The van der Waals surface area contributed by atoms with Gasteiger partial charge in [0, 0.05) is 30.1 Å². The maximum atomic E-state index is 13.2. The Kier molecular flexibility index (Phi) is 6.80. The van der Waals surface area contributed by atoms with Gasteiger partial charge in [0.1, 0.15) is 6.04 Å². The van der Waals surface area contributed by atoms with Crippen molar-refractivity contribution in [3.05, 3.63) is 35.2 Å². The molecule has 10 heteroatoms. The van der Waals surface area contributed by atoms with Crippen LogP contribution in [-0.4, -0.2) is 72.3 Å². The van der Waals surface area contributed by atoms with E-state index in [2.05, 4.69) is 17.2 Å². The zero-order chi connectivity index (χ0) is 22.7. The van der Waals surface area contributed by atoms with Crippen molar-refractivity contribution in [2.45, 2.75) is 38.6 Å². The lowest BCUT2D eigenvalue weighted by Gasteiger charge is -2.39. The highest BCUT2D eigenvalue weighted by Crippen LogP contribution is 2.32. The molecule has 1 aromatic heterocycles. The number of hydrogen-bond acceptors (Lipinski definition) is 6. The normalized spacial score (nSPS) is 20.7. The van der Waals surface area contributed by atoms with Crippen LogP contribution in [0, 0.1) is 0 Å². The number of benzene rings is 1. The summed E-state index contributed by atoms with van der Waals surface area (Å²) < 4.78 is 23.4. The highest BCUT2D eigenvalue weighted by molar-refractivity contribution is 7.91. The number of thiazole rings is 1. The van der Waals surface area contributed by atoms with E-state index in [1.807, 2.05) is 30.3 Å². The molecule has 8 nitrogen and oxygen atoms in total. The molecule has 0 bridgehead atoms. The Morgan fingerprint density at radius 2 is 1.84 bits per heavy atom. The van der Waals surface area contributed by atoms with Crippen molar-refractivity contribution in [3.63, 3.8) is 0 Å². The van der Waals surface area contributed by atoms with Gasteiger partial charge in [-0.25, -0.2) is 18.2 Å². The fourth-order valence-electron chi connectivity index (χ4n) is 4.17. The number of likely N-dealkylation sites (tertiary alicyclic amines) is 1. The van der Waals surface area contributed by atoms with Crippen molar-refractivity contribution in [1.82, 2.24) is 14.8 Å². The van der Waals surface area contributed by atoms with Gasteiger partial charge in [-0.2, -0.15) is 0 Å². The third-order valence-electron chi connectivity index (χ3n) is 5.96. The van der Waals surface area contributed by atoms with Gasteiger partial charge in [-0.05, 0) is 25.7 Å². The van der Waals surface area contributed by atoms with Gasteiger partial charge in [0.25, 0.3) is 0 Å². The summed E-state index contributed by atoms with van der Waals surface area (Å²) >= 11 is 1.46. The van der Waals surface area contributed by atoms with Crippen molar-refractivity contribution in [3.8, 4) is 11.3 Å². The number of aryl methyl sites for hydroxylation is 1. The van der Waals surface area contributed by atoms with Crippen LogP contribution in [-0.2, 0) is 21.1 Å². The summed E-state index contributed by atoms with van der Waals surface area (Å²) in [5, 5.41) is 3.47. The number of amides is 3. The van der Waals surface area contributed by atoms with E-state index in [1.54, 1.807) is 9.80 Å². The van der Waals surface area contributed by atoms with Crippen LogP contribution < -0.4 is 5.32 Å². The number of sulfone groups is 1. The maximum Gasteiger partial charge on any atom is 0.320 e. The number of carbonyl (C=O) groups is 2. The lowest BCUT2D eigenvalue weighted by Crippen LogP contribution is -2.56. The molecule has 4 rings (SSSR count). The number of anilines is 1. The highest BCUT2D eigenvalue weighted by atomic mass is 32.2. The van der Waals surface area contributed by atoms with Gasteiger partial charge < -0.3 is 15.1 Å². The van der Waals surface area contributed by atoms with Gasteiger partial charge in [-0.15, -0.1) is 11.3 Å². The molecule has 2 fully saturated rings. The smallest absolute Gasteiger partial charge is 0.320 e. The number of rotatable bonds is 4. The first-order valence-electron chi connectivity index (χ1n) is 11.0. The molecule has 0 saturated carbocycles. The number of nitrogens with zero attached hydrogens (tertiary/aromatic N) is 3. The topological polar surface area (TPSA) is 99.7 Å². The molecule has 1 atom stereocenters. The molecule has 2 aliphatic heterocycles. The van der Waals surface area contributed by atoms with Crippen LogP contribution in [0.1, 0.15) is 31.1 Å². The average Bonchev–Trinajstić information content (AvgIpc) is 3.22. The van der Waals surface area contributed by atoms with E-state index in [1.165, 1.54) is 11.3 Å². The minimum atomic E-state index is -3.08. The summed E-state index contributed by atoms with van der Waals surface area (Å²) in [5.74, 6) is -0.284. The Balaban J connectivity index is 1.48. The van der Waals surface area contributed by atoms with Gasteiger partial charge in [0.15, 0.2) is 15.0 Å². The Morgan fingerprint density at radius 1 is 1.12 bits per heavy atom. The first kappa shape index (κ1) is 22.7. The van der Waals surface area contributed by atoms with Gasteiger partial charge in [-0.1, -0.05) is 37.3 Å². The lowest BCUT2D eigenvalue weighted by molar-refractivity contribution is -0.121. The molecule has 0 radical (unpaired) electrons. The second-order valence-electron chi connectivity index (χ2n) is 8.13. The molecule has 2 saturated heterocycles. The van der Waals surface area contributed by atoms with Crippen LogP contribution in [0.15, 0.2) is 30.3 Å². The van der Waals surface area contributed by atoms with E-state index in [-0.39, 0.29) is 36.5 Å². The zero-order valence-electron chi connectivity index (χ0n) is 18.1. The minimum absolute atomic E-state index is 0.0232. The van der Waals surface area contributed by atoms with Crippen LogP contribution in [0.25, 0.3) is 11.3 Å². The Labute approximate surface area is 192 Å². The van der Waals surface area contributed by atoms with Crippen molar-refractivity contribution in [2.75, 3.05) is 36.5 Å². The number of piperidine rings is 1. The number of urea groups is 1. The van der Waals surface area contributed by atoms with Gasteiger partial charge in [0.2, 0.25) is 5.91 Å². The zero-order valence-corrected chi connectivity index (χ0v) is 19.8. The summed E-state index contributed by atoms with van der Waals surface area (Å²) in [6.45, 7) is 2.91. The third kappa shape index (κ3) is 4.96. The molecule has 3 heterocycles. The largest absolute Gasteiger partial charge is 0.323 e. The molecule has 1 aromatic carbocycles. The molecule has 2 aliphatic rings. The second-order valence-corrected chi connectivity index (χ2v) is 11.5. The van der Waals surface area contributed by atoms with E-state index >= 15 is 0 Å². The van der Waals surface area contributed by atoms with E-state index < -0.39 is 15.9 Å². The van der Waals surface area contributed by atoms with Crippen LogP contribution in [0.2, 0.25) is 0 Å². The molecule has 1 N–H and O–H groups in total. The van der Waals surface area contributed by atoms with Crippen molar-refractivity contribution < 1.29 is 18.0 Å². The predicted molar refractivity (Wildman–Crippen MR) is 126 cm³/mol. The summed E-state index contributed by atoms with van der Waals surface area (Å²) in [6, 6.07) is 9.05. The summed E-state index contributed by atoms with van der Waals surface area (Å²) in [7, 11) is -3.08. The summed E-state index contributed by atoms with van der Waals surface area (Å²) in [6.07, 6.45) is 3.09. The monoisotopic (exact) mass is 476 g/mol. The van der Waals surface area contributed by atoms with Crippen LogP contribution in [0.4, 0.5) is 9.93 Å². The number of carbonyl (C=O) groups excluding carboxylic acids is 2. The van der Waals surface area contributed by atoms with Crippen molar-refractivity contribution in [1.29, 1.82) is 0 Å². The van der Waals surface area contributed by atoms with Gasteiger partial charge in [0.05, 0.1) is 17.2 Å². The number of aromatic nitrogens is 1. The molecule has 2 aromatic rings. The Bertz CT molecular complexity index is 1070. The summed E-state index contributed by atoms with van der Waals surface area (Å²) in [4.78, 5) is 35.2. The van der Waals surface area contributed by atoms with E-state index in [0.717, 1.165) is 35.4 Å². The average molecular weight is 477 g/mol. The lowest BCUT2D eigenvalue weighted by atomic mass is 10.0. The highest BCUT2D eigenvalue weighted by Gasteiger charge is 2.36. The first-order chi connectivity index (χ1) is 15.4. The van der Waals surface area contributed by atoms with Crippen molar-refractivity contribution in [2.24, 2.45) is 0 Å². The van der Waals surface area contributed by atoms with Gasteiger partial charge in [-0.3, -0.25) is 4.79 Å². The number of nitrogens with one attached hydrogen (secondary N) is 1. The minimum Gasteiger partial charge on any atom is -0.323 e. The maximum absolute atomic E-state index is 13.2. The fourth-order valence-corrected chi connectivity index (χ4v) is 6.30. The third-order valence-corrected chi connectivity index (χ3v) is 8.69. The molecular weight excluding hydrogens is 448 g/mol. The molecule has 3 amide bonds. The SMILES string of the molecule is CCc1sc(NC(=O)C2CCCCN2C(=O)N2CCS(=O)(=O)CC2)nc1-c1ccccc1. The molecule has 0 aliphatic carbocycles. The van der Waals surface area contributed by atoms with Crippen LogP contribution >= 0.6 is 11.3 Å². The molecule has 32 heavy (non-hydrogen) atoms. The second kappa shape index (κ2) is 9.58. The van der Waals surface area contributed by atoms with Crippen LogP contribution in [0.3, 0.4) is 0 Å². The standard InChI is InChI=1S/C22H28N4O4S2/c1-2-18-19(16-8-4-3-5-9-16)23-21(31-18)24-20(27)17-10-6-7-11-26(17)22(28)25-12-14-32(29,30)15-13-25/h3-5,8-9,17H,2,6-7,10-15H2,1H3,(H,23,24,27). The predicted octanol–water partition coefficient (Wildman–Crippen LogP) is 3.02. The first-order valence-corrected chi connectivity index (χ1v) is 13.6. The summed E-state index contributed by atoms with van der Waals surface area (Å²) in [5.41, 5.74) is 1.88. The molecule has 172 valence electrons. The number of hydrogen-bond donors (Lipinski definition) is 1. The molecular formula is C22H28N4O4S2. The van der Waals surface area contributed by atoms with E-state index in [4.69, 9.17) is 0 Å². The quantitative estimate of drug-likeness (QED) is 0.731. The molecule has 0 spiro atoms. The van der Waals surface area contributed by atoms with E-state index in [0.29, 0.717) is 18.1 Å².